The van der Waals surface area contributed by atoms with Crippen molar-refractivity contribution >= 4 is 11.6 Å². The zero-order valence-corrected chi connectivity index (χ0v) is 9.36. The van der Waals surface area contributed by atoms with Crippen LogP contribution in [0.3, 0.4) is 0 Å². The first kappa shape index (κ1) is 12.3. The number of nitrogens with two attached hydrogens (primary N) is 1. The molecule has 16 heavy (non-hydrogen) atoms. The lowest BCUT2D eigenvalue weighted by Gasteiger charge is -2.12. The number of hydrogen-bond donors (Lipinski definition) is 3. The molecule has 5 heteroatoms. The molecule has 0 spiro atoms. The van der Waals surface area contributed by atoms with Crippen LogP contribution in [-0.4, -0.2) is 30.8 Å². The van der Waals surface area contributed by atoms with Crippen molar-refractivity contribution in [3.8, 4) is 5.75 Å². The predicted molar refractivity (Wildman–Crippen MR) is 61.4 cm³/mol. The van der Waals surface area contributed by atoms with Crippen LogP contribution in [0.1, 0.15) is 17.3 Å². The van der Waals surface area contributed by atoms with Gasteiger partial charge >= 0.3 is 0 Å². The number of rotatable bonds is 4. The molecular weight excluding hydrogens is 208 g/mol. The average Bonchev–Trinajstić information content (AvgIpc) is 2.29. The van der Waals surface area contributed by atoms with E-state index in [4.69, 9.17) is 15.6 Å². The van der Waals surface area contributed by atoms with Crippen molar-refractivity contribution in [1.29, 1.82) is 0 Å². The van der Waals surface area contributed by atoms with Crippen molar-refractivity contribution in [2.24, 2.45) is 0 Å². The SMILES string of the molecule is COc1cc(C(=O)N[C@H](C)CO)ccc1N. The van der Waals surface area contributed by atoms with Crippen LogP contribution in [-0.2, 0) is 0 Å². The highest BCUT2D eigenvalue weighted by molar-refractivity contribution is 5.95. The van der Waals surface area contributed by atoms with Crippen molar-refractivity contribution in [3.05, 3.63) is 23.8 Å². The number of aliphatic hydroxyl groups is 1. The quantitative estimate of drug-likeness (QED) is 0.646. The molecule has 1 amide bonds. The van der Waals surface area contributed by atoms with Crippen LogP contribution in [0.2, 0.25) is 0 Å². The summed E-state index contributed by atoms with van der Waals surface area (Å²) < 4.78 is 5.01. The predicted octanol–water partition coefficient (Wildman–Crippen LogP) is 0.388. The molecule has 0 unspecified atom stereocenters. The number of carbonyl (C=O) groups excluding carboxylic acids is 1. The van der Waals surface area contributed by atoms with Gasteiger partial charge in [0.25, 0.3) is 5.91 Å². The molecule has 0 aliphatic rings. The maximum Gasteiger partial charge on any atom is 0.251 e. The van der Waals surface area contributed by atoms with Gasteiger partial charge in [0.15, 0.2) is 0 Å². The molecule has 1 atom stereocenters. The summed E-state index contributed by atoms with van der Waals surface area (Å²) in [5.41, 5.74) is 6.56. The smallest absolute Gasteiger partial charge is 0.251 e. The second-order valence-electron chi connectivity index (χ2n) is 3.51. The Morgan fingerprint density at radius 2 is 2.31 bits per heavy atom. The summed E-state index contributed by atoms with van der Waals surface area (Å²) in [5, 5.41) is 11.4. The maximum atomic E-state index is 11.7. The van der Waals surface area contributed by atoms with E-state index >= 15 is 0 Å². The molecule has 4 N–H and O–H groups in total. The summed E-state index contributed by atoms with van der Waals surface area (Å²) >= 11 is 0. The van der Waals surface area contributed by atoms with Crippen molar-refractivity contribution in [3.63, 3.8) is 0 Å². The van der Waals surface area contributed by atoms with Crippen LogP contribution in [0.5, 0.6) is 5.75 Å². The lowest BCUT2D eigenvalue weighted by molar-refractivity contribution is 0.0922. The van der Waals surface area contributed by atoms with Crippen molar-refractivity contribution in [2.45, 2.75) is 13.0 Å². The fourth-order valence-electron chi connectivity index (χ4n) is 1.21. The summed E-state index contributed by atoms with van der Waals surface area (Å²) in [4.78, 5) is 11.7. The van der Waals surface area contributed by atoms with E-state index in [0.717, 1.165) is 0 Å². The summed E-state index contributed by atoms with van der Waals surface area (Å²) in [6.07, 6.45) is 0. The van der Waals surface area contributed by atoms with Gasteiger partial charge in [-0.05, 0) is 25.1 Å². The standard InChI is InChI=1S/C11H16N2O3/c1-7(6-14)13-11(15)8-3-4-9(12)10(5-8)16-2/h3-5,7,14H,6,12H2,1-2H3,(H,13,15)/t7-/m1/s1. The van der Waals surface area contributed by atoms with Crippen molar-refractivity contribution in [1.82, 2.24) is 5.32 Å². The summed E-state index contributed by atoms with van der Waals surface area (Å²) in [7, 11) is 1.49. The Morgan fingerprint density at radius 1 is 1.62 bits per heavy atom. The van der Waals surface area contributed by atoms with Crippen LogP contribution in [0, 0.1) is 0 Å². The third-order valence-corrected chi connectivity index (χ3v) is 2.15. The number of hydrogen-bond acceptors (Lipinski definition) is 4. The number of anilines is 1. The van der Waals surface area contributed by atoms with E-state index in [-0.39, 0.29) is 18.6 Å². The number of ether oxygens (including phenoxy) is 1. The number of nitrogen functional groups attached to an aromatic ring is 1. The summed E-state index contributed by atoms with van der Waals surface area (Å²) in [5.74, 6) is 0.198. The summed E-state index contributed by atoms with van der Waals surface area (Å²) in [6, 6.07) is 4.50. The van der Waals surface area contributed by atoms with Crippen LogP contribution in [0.4, 0.5) is 5.69 Å². The largest absolute Gasteiger partial charge is 0.495 e. The molecule has 1 aromatic carbocycles. The first-order chi connectivity index (χ1) is 7.58. The molecule has 0 aliphatic carbocycles. The highest BCUT2D eigenvalue weighted by Gasteiger charge is 2.10. The van der Waals surface area contributed by atoms with Gasteiger partial charge in [-0.1, -0.05) is 0 Å². The van der Waals surface area contributed by atoms with Crippen molar-refractivity contribution in [2.75, 3.05) is 19.5 Å². The van der Waals surface area contributed by atoms with E-state index in [0.29, 0.717) is 17.0 Å². The first-order valence-electron chi connectivity index (χ1n) is 4.93. The minimum absolute atomic E-state index is 0.0994. The van der Waals surface area contributed by atoms with E-state index in [2.05, 4.69) is 5.32 Å². The third-order valence-electron chi connectivity index (χ3n) is 2.15. The highest BCUT2D eigenvalue weighted by Crippen LogP contribution is 2.21. The fourth-order valence-corrected chi connectivity index (χ4v) is 1.21. The molecular formula is C11H16N2O3. The van der Waals surface area contributed by atoms with Crippen molar-refractivity contribution < 1.29 is 14.6 Å². The van der Waals surface area contributed by atoms with Crippen LogP contribution < -0.4 is 15.8 Å². The minimum Gasteiger partial charge on any atom is -0.495 e. The van der Waals surface area contributed by atoms with Gasteiger partial charge in [0.1, 0.15) is 5.75 Å². The lowest BCUT2D eigenvalue weighted by Crippen LogP contribution is -2.34. The lowest BCUT2D eigenvalue weighted by atomic mass is 10.1. The molecule has 88 valence electrons. The molecule has 0 radical (unpaired) electrons. The molecule has 0 bridgehead atoms. The zero-order chi connectivity index (χ0) is 12.1. The highest BCUT2D eigenvalue weighted by atomic mass is 16.5. The van der Waals surface area contributed by atoms with E-state index < -0.39 is 0 Å². The van der Waals surface area contributed by atoms with Gasteiger partial charge in [-0.25, -0.2) is 0 Å². The molecule has 1 rings (SSSR count). The van der Waals surface area contributed by atoms with E-state index in [1.165, 1.54) is 7.11 Å². The fraction of sp³-hybridized carbons (Fsp3) is 0.364. The number of methoxy groups -OCH3 is 1. The normalized spacial score (nSPS) is 11.9. The molecule has 0 saturated heterocycles. The molecule has 0 aliphatic heterocycles. The van der Waals surface area contributed by atoms with Gasteiger partial charge in [-0.2, -0.15) is 0 Å². The van der Waals surface area contributed by atoms with Gasteiger partial charge < -0.3 is 20.9 Å². The van der Waals surface area contributed by atoms with Gasteiger partial charge in [-0.3, -0.25) is 4.79 Å². The Morgan fingerprint density at radius 3 is 2.88 bits per heavy atom. The average molecular weight is 224 g/mol. The first-order valence-corrected chi connectivity index (χ1v) is 4.93. The Balaban J connectivity index is 2.84. The van der Waals surface area contributed by atoms with E-state index in [1.807, 2.05) is 0 Å². The van der Waals surface area contributed by atoms with Gasteiger partial charge in [0, 0.05) is 11.6 Å². The number of amides is 1. The number of nitrogens with one attached hydrogen (secondary N) is 1. The Bertz CT molecular complexity index is 379. The molecule has 0 heterocycles. The summed E-state index contributed by atoms with van der Waals surface area (Å²) in [6.45, 7) is 1.62. The van der Waals surface area contributed by atoms with Gasteiger partial charge in [-0.15, -0.1) is 0 Å². The maximum absolute atomic E-state index is 11.7. The number of benzene rings is 1. The van der Waals surface area contributed by atoms with E-state index in [1.54, 1.807) is 25.1 Å². The Kier molecular flexibility index (Phi) is 4.13. The van der Waals surface area contributed by atoms with Gasteiger partial charge in [0.2, 0.25) is 0 Å². The molecule has 1 aromatic rings. The second kappa shape index (κ2) is 5.37. The minimum atomic E-state index is -0.281. The molecule has 0 aromatic heterocycles. The van der Waals surface area contributed by atoms with E-state index in [9.17, 15) is 4.79 Å². The Hall–Kier alpha value is -1.75. The Labute approximate surface area is 94.2 Å². The van der Waals surface area contributed by atoms with Crippen LogP contribution >= 0.6 is 0 Å². The topological polar surface area (TPSA) is 84.6 Å². The molecule has 0 saturated carbocycles. The third kappa shape index (κ3) is 2.87. The number of carbonyl (C=O) groups is 1. The zero-order valence-electron chi connectivity index (χ0n) is 9.36. The van der Waals surface area contributed by atoms with Crippen LogP contribution in [0.25, 0.3) is 0 Å². The second-order valence-corrected chi connectivity index (χ2v) is 3.51. The number of aliphatic hydroxyl groups excluding tert-OH is 1. The van der Waals surface area contributed by atoms with Crippen LogP contribution in [0.15, 0.2) is 18.2 Å². The molecule has 0 fully saturated rings. The monoisotopic (exact) mass is 224 g/mol. The van der Waals surface area contributed by atoms with Gasteiger partial charge in [0.05, 0.1) is 19.4 Å². The molecule has 5 nitrogen and oxygen atoms in total.